The average molecular weight is 205 g/mol. The molecule has 1 heterocycles. The molecule has 0 aliphatic heterocycles. The molecule has 0 radical (unpaired) electrons. The SMILES string of the molecule is O=C(CBr)Nc1ncco1. The maximum absolute atomic E-state index is 10.6. The first-order valence-electron chi connectivity index (χ1n) is 2.58. The van der Waals surface area contributed by atoms with E-state index >= 15 is 0 Å². The fraction of sp³-hybridized carbons (Fsp3) is 0.200. The smallest absolute Gasteiger partial charge is 0.301 e. The lowest BCUT2D eigenvalue weighted by Crippen LogP contribution is -2.12. The standard InChI is InChI=1S/C5H5BrN2O2/c6-3-4(9)8-5-7-1-2-10-5/h1-2H,3H2,(H,7,8,9). The summed E-state index contributed by atoms with van der Waals surface area (Å²) in [4.78, 5) is 14.3. The summed E-state index contributed by atoms with van der Waals surface area (Å²) in [5.41, 5.74) is 0. The zero-order valence-electron chi connectivity index (χ0n) is 5.00. The molecule has 0 aliphatic rings. The predicted octanol–water partition coefficient (Wildman–Crippen LogP) is 1.01. The van der Waals surface area contributed by atoms with Gasteiger partial charge >= 0.3 is 6.01 Å². The van der Waals surface area contributed by atoms with Gasteiger partial charge in [0.25, 0.3) is 0 Å². The molecule has 1 amide bonds. The van der Waals surface area contributed by atoms with Crippen LogP contribution in [0.1, 0.15) is 0 Å². The largest absolute Gasteiger partial charge is 0.432 e. The van der Waals surface area contributed by atoms with Gasteiger partial charge in [0.05, 0.1) is 11.5 Å². The minimum Gasteiger partial charge on any atom is -0.432 e. The quantitative estimate of drug-likeness (QED) is 0.733. The van der Waals surface area contributed by atoms with Crippen LogP contribution in [0.5, 0.6) is 0 Å². The zero-order chi connectivity index (χ0) is 7.40. The van der Waals surface area contributed by atoms with Crippen LogP contribution in [0.2, 0.25) is 0 Å². The number of anilines is 1. The van der Waals surface area contributed by atoms with Crippen molar-refractivity contribution in [3.05, 3.63) is 12.5 Å². The molecule has 1 N–H and O–H groups in total. The highest BCUT2D eigenvalue weighted by molar-refractivity contribution is 9.09. The first-order chi connectivity index (χ1) is 4.83. The number of oxazole rings is 1. The van der Waals surface area contributed by atoms with Gasteiger partial charge in [-0.2, -0.15) is 0 Å². The van der Waals surface area contributed by atoms with Gasteiger partial charge in [-0.3, -0.25) is 10.1 Å². The molecule has 10 heavy (non-hydrogen) atoms. The Kier molecular flexibility index (Phi) is 2.44. The Hall–Kier alpha value is -0.840. The highest BCUT2D eigenvalue weighted by atomic mass is 79.9. The second kappa shape index (κ2) is 3.36. The van der Waals surface area contributed by atoms with Crippen molar-refractivity contribution in [1.82, 2.24) is 4.98 Å². The van der Waals surface area contributed by atoms with Gasteiger partial charge in [-0.15, -0.1) is 0 Å². The predicted molar refractivity (Wildman–Crippen MR) is 38.9 cm³/mol. The molecular formula is C5H5BrN2O2. The Labute approximate surface area is 65.8 Å². The van der Waals surface area contributed by atoms with E-state index in [0.717, 1.165) is 0 Å². The minimum absolute atomic E-state index is 0.178. The molecule has 5 heteroatoms. The van der Waals surface area contributed by atoms with Gasteiger partial charge in [0.1, 0.15) is 6.26 Å². The molecule has 0 saturated carbocycles. The van der Waals surface area contributed by atoms with Gasteiger partial charge in [0, 0.05) is 0 Å². The molecule has 0 aromatic carbocycles. The first-order valence-corrected chi connectivity index (χ1v) is 3.70. The number of carbonyl (C=O) groups excluding carboxylic acids is 1. The topological polar surface area (TPSA) is 55.1 Å². The Bertz CT molecular complexity index is 209. The normalized spacial score (nSPS) is 9.30. The molecule has 1 aromatic heterocycles. The van der Waals surface area contributed by atoms with Crippen LogP contribution in [0.4, 0.5) is 6.01 Å². The molecule has 0 aliphatic carbocycles. The number of halogens is 1. The minimum atomic E-state index is -0.178. The number of amides is 1. The van der Waals surface area contributed by atoms with E-state index in [1.165, 1.54) is 12.5 Å². The fourth-order valence-corrected chi connectivity index (χ4v) is 0.578. The van der Waals surface area contributed by atoms with Gasteiger partial charge in [-0.25, -0.2) is 4.98 Å². The van der Waals surface area contributed by atoms with Gasteiger partial charge in [-0.05, 0) is 0 Å². The summed E-state index contributed by atoms with van der Waals surface area (Å²) >= 11 is 2.98. The van der Waals surface area contributed by atoms with E-state index in [2.05, 4.69) is 26.2 Å². The summed E-state index contributed by atoms with van der Waals surface area (Å²) in [5.74, 6) is -0.178. The number of carbonyl (C=O) groups is 1. The maximum Gasteiger partial charge on any atom is 0.301 e. The molecule has 4 nitrogen and oxygen atoms in total. The van der Waals surface area contributed by atoms with E-state index < -0.39 is 0 Å². The Morgan fingerprint density at radius 3 is 3.20 bits per heavy atom. The molecule has 0 bridgehead atoms. The van der Waals surface area contributed by atoms with Gasteiger partial charge in [-0.1, -0.05) is 15.9 Å². The van der Waals surface area contributed by atoms with Gasteiger partial charge in [0.15, 0.2) is 0 Å². The van der Waals surface area contributed by atoms with Crippen molar-refractivity contribution in [2.24, 2.45) is 0 Å². The van der Waals surface area contributed by atoms with Crippen molar-refractivity contribution in [2.75, 3.05) is 10.6 Å². The van der Waals surface area contributed by atoms with Crippen LogP contribution in [-0.2, 0) is 4.79 Å². The van der Waals surface area contributed by atoms with E-state index in [-0.39, 0.29) is 17.3 Å². The monoisotopic (exact) mass is 204 g/mol. The van der Waals surface area contributed by atoms with Crippen LogP contribution in [0.3, 0.4) is 0 Å². The lowest BCUT2D eigenvalue weighted by molar-refractivity contribution is -0.113. The van der Waals surface area contributed by atoms with Crippen molar-refractivity contribution < 1.29 is 9.21 Å². The lowest BCUT2D eigenvalue weighted by atomic mass is 10.7. The number of nitrogens with one attached hydrogen (secondary N) is 1. The molecular weight excluding hydrogens is 200 g/mol. The van der Waals surface area contributed by atoms with E-state index in [1.54, 1.807) is 0 Å². The van der Waals surface area contributed by atoms with Crippen LogP contribution in [-0.4, -0.2) is 16.2 Å². The van der Waals surface area contributed by atoms with E-state index in [1.807, 2.05) is 0 Å². The molecule has 0 saturated heterocycles. The number of hydrogen-bond acceptors (Lipinski definition) is 3. The summed E-state index contributed by atoms with van der Waals surface area (Å²) in [6.07, 6.45) is 2.85. The van der Waals surface area contributed by atoms with Gasteiger partial charge < -0.3 is 4.42 Å². The van der Waals surface area contributed by atoms with Crippen molar-refractivity contribution in [3.8, 4) is 0 Å². The third kappa shape index (κ3) is 1.84. The fourth-order valence-electron chi connectivity index (χ4n) is 0.438. The summed E-state index contributed by atoms with van der Waals surface area (Å²) in [6, 6.07) is 0.226. The molecule has 54 valence electrons. The molecule has 1 rings (SSSR count). The molecule has 0 spiro atoms. The van der Waals surface area contributed by atoms with Crippen molar-refractivity contribution in [3.63, 3.8) is 0 Å². The van der Waals surface area contributed by atoms with E-state index in [4.69, 9.17) is 4.42 Å². The average Bonchev–Trinajstić information content (AvgIpc) is 2.40. The Morgan fingerprint density at radius 1 is 1.90 bits per heavy atom. The van der Waals surface area contributed by atoms with Crippen molar-refractivity contribution >= 4 is 27.9 Å². The maximum atomic E-state index is 10.6. The molecule has 0 unspecified atom stereocenters. The highest BCUT2D eigenvalue weighted by Gasteiger charge is 2.00. The van der Waals surface area contributed by atoms with E-state index in [9.17, 15) is 4.79 Å². The van der Waals surface area contributed by atoms with Crippen LogP contribution in [0, 0.1) is 0 Å². The Balaban J connectivity index is 2.48. The van der Waals surface area contributed by atoms with E-state index in [0.29, 0.717) is 0 Å². The molecule has 1 aromatic rings. The van der Waals surface area contributed by atoms with Crippen molar-refractivity contribution in [1.29, 1.82) is 0 Å². The molecule has 0 atom stereocenters. The summed E-state index contributed by atoms with van der Waals surface area (Å²) < 4.78 is 4.74. The second-order valence-corrected chi connectivity index (χ2v) is 2.08. The van der Waals surface area contributed by atoms with Crippen LogP contribution < -0.4 is 5.32 Å². The third-order valence-corrected chi connectivity index (χ3v) is 1.31. The zero-order valence-corrected chi connectivity index (χ0v) is 6.59. The molecule has 0 fully saturated rings. The van der Waals surface area contributed by atoms with Gasteiger partial charge in [0.2, 0.25) is 5.91 Å². The Morgan fingerprint density at radius 2 is 2.70 bits per heavy atom. The highest BCUT2D eigenvalue weighted by Crippen LogP contribution is 2.00. The lowest BCUT2D eigenvalue weighted by Gasteiger charge is -1.93. The number of alkyl halides is 1. The number of aromatic nitrogens is 1. The third-order valence-electron chi connectivity index (χ3n) is 0.800. The summed E-state index contributed by atoms with van der Waals surface area (Å²) in [6.45, 7) is 0. The second-order valence-electron chi connectivity index (χ2n) is 1.52. The summed E-state index contributed by atoms with van der Waals surface area (Å²) in [5, 5.41) is 2.65. The number of hydrogen-bond donors (Lipinski definition) is 1. The van der Waals surface area contributed by atoms with Crippen LogP contribution in [0.25, 0.3) is 0 Å². The summed E-state index contributed by atoms with van der Waals surface area (Å²) in [7, 11) is 0. The van der Waals surface area contributed by atoms with Crippen LogP contribution in [0.15, 0.2) is 16.9 Å². The number of nitrogens with zero attached hydrogens (tertiary/aromatic N) is 1. The first kappa shape index (κ1) is 7.27. The van der Waals surface area contributed by atoms with Crippen molar-refractivity contribution in [2.45, 2.75) is 0 Å². The number of rotatable bonds is 2. The van der Waals surface area contributed by atoms with Crippen LogP contribution >= 0.6 is 15.9 Å².